The van der Waals surface area contributed by atoms with Gasteiger partial charge in [-0.3, -0.25) is 0 Å². The summed E-state index contributed by atoms with van der Waals surface area (Å²) in [5.74, 6) is 0.671. The first-order valence-corrected chi connectivity index (χ1v) is 6.85. The molecule has 0 aliphatic rings. The maximum atomic E-state index is 9.24. The third-order valence-electron chi connectivity index (χ3n) is 3.20. The first kappa shape index (κ1) is 13.4. The van der Waals surface area contributed by atoms with E-state index in [0.717, 1.165) is 10.9 Å². The molecule has 0 atom stereocenters. The van der Waals surface area contributed by atoms with E-state index in [1.54, 1.807) is 6.07 Å². The summed E-state index contributed by atoms with van der Waals surface area (Å²) in [6.45, 7) is 1.30. The lowest BCUT2D eigenvalue weighted by molar-refractivity contribution is 0.745. The summed E-state index contributed by atoms with van der Waals surface area (Å²) in [6.07, 6.45) is 1.41. The maximum absolute atomic E-state index is 9.24. The summed E-state index contributed by atoms with van der Waals surface area (Å²) in [7, 11) is 0. The van der Waals surface area contributed by atoms with Crippen molar-refractivity contribution in [3.8, 4) is 6.07 Å². The van der Waals surface area contributed by atoms with Gasteiger partial charge in [0.1, 0.15) is 29.1 Å². The number of para-hydroxylation sites is 1. The summed E-state index contributed by atoms with van der Waals surface area (Å²) >= 11 is 5.81. The average Bonchev–Trinajstić information content (AvgIpc) is 2.86. The van der Waals surface area contributed by atoms with Gasteiger partial charge in [-0.25, -0.2) is 9.97 Å². The molecular weight excluding hydrogens is 286 g/mol. The number of aromatic nitrogens is 3. The lowest BCUT2D eigenvalue weighted by atomic mass is 10.2. The Morgan fingerprint density at radius 3 is 2.90 bits per heavy atom. The molecule has 0 aliphatic carbocycles. The zero-order chi connectivity index (χ0) is 14.7. The van der Waals surface area contributed by atoms with Crippen LogP contribution < -0.4 is 5.32 Å². The summed E-state index contributed by atoms with van der Waals surface area (Å²) in [4.78, 5) is 7.91. The predicted molar refractivity (Wildman–Crippen MR) is 82.2 cm³/mol. The van der Waals surface area contributed by atoms with Crippen LogP contribution in [-0.4, -0.2) is 21.1 Å². The number of hydrogen-bond donors (Lipinski definition) is 1. The molecule has 1 N–H and O–H groups in total. The molecule has 104 valence electrons. The van der Waals surface area contributed by atoms with Gasteiger partial charge in [0, 0.05) is 30.1 Å². The van der Waals surface area contributed by atoms with E-state index in [-0.39, 0.29) is 0 Å². The Morgan fingerprint density at radius 1 is 1.24 bits per heavy atom. The van der Waals surface area contributed by atoms with Crippen LogP contribution in [0.1, 0.15) is 5.69 Å². The summed E-state index contributed by atoms with van der Waals surface area (Å²) in [6, 6.07) is 13.8. The van der Waals surface area contributed by atoms with Gasteiger partial charge in [0.25, 0.3) is 0 Å². The largest absolute Gasteiger partial charge is 0.368 e. The van der Waals surface area contributed by atoms with Gasteiger partial charge < -0.3 is 9.88 Å². The van der Waals surface area contributed by atoms with Crippen LogP contribution in [0.2, 0.25) is 5.15 Å². The van der Waals surface area contributed by atoms with Crippen molar-refractivity contribution in [2.75, 3.05) is 11.9 Å². The van der Waals surface area contributed by atoms with E-state index in [1.807, 2.05) is 34.9 Å². The Kier molecular flexibility index (Phi) is 3.71. The van der Waals surface area contributed by atoms with Crippen LogP contribution in [0, 0.1) is 11.3 Å². The van der Waals surface area contributed by atoms with E-state index in [1.165, 1.54) is 6.33 Å². The average molecular weight is 298 g/mol. The number of rotatable bonds is 4. The highest BCUT2D eigenvalue weighted by molar-refractivity contribution is 6.29. The Balaban J connectivity index is 1.78. The minimum atomic E-state index is 0.400. The van der Waals surface area contributed by atoms with Crippen molar-refractivity contribution in [1.82, 2.24) is 14.5 Å². The van der Waals surface area contributed by atoms with Gasteiger partial charge in [-0.2, -0.15) is 5.26 Å². The standard InChI is InChI=1S/C15H12ClN5/c16-14-8-15(20-10-19-14)18-5-6-21-12(9-17)7-11-3-1-2-4-13(11)21/h1-4,7-8,10H,5-6H2,(H,18,19,20). The predicted octanol–water partition coefficient (Wildman–Crippen LogP) is 3.07. The number of anilines is 1. The van der Waals surface area contributed by atoms with Crippen LogP contribution in [0.15, 0.2) is 42.7 Å². The molecular formula is C15H12ClN5. The third-order valence-corrected chi connectivity index (χ3v) is 3.41. The van der Waals surface area contributed by atoms with Gasteiger partial charge >= 0.3 is 0 Å². The van der Waals surface area contributed by atoms with Gasteiger partial charge in [0.05, 0.1) is 0 Å². The molecule has 0 saturated carbocycles. The topological polar surface area (TPSA) is 66.5 Å². The molecule has 2 heterocycles. The van der Waals surface area contributed by atoms with E-state index in [9.17, 15) is 5.26 Å². The second kappa shape index (κ2) is 5.81. The van der Waals surface area contributed by atoms with E-state index >= 15 is 0 Å². The summed E-state index contributed by atoms with van der Waals surface area (Å²) in [5, 5.41) is 13.9. The quantitative estimate of drug-likeness (QED) is 0.752. The lowest BCUT2D eigenvalue weighted by Gasteiger charge is -2.09. The van der Waals surface area contributed by atoms with E-state index in [2.05, 4.69) is 21.4 Å². The van der Waals surface area contributed by atoms with Gasteiger partial charge in [-0.05, 0) is 12.1 Å². The van der Waals surface area contributed by atoms with E-state index in [4.69, 9.17) is 11.6 Å². The second-order valence-corrected chi connectivity index (χ2v) is 4.89. The number of nitriles is 1. The molecule has 0 fully saturated rings. The molecule has 0 bridgehead atoms. The molecule has 0 aliphatic heterocycles. The molecule has 0 radical (unpaired) electrons. The molecule has 0 unspecified atom stereocenters. The van der Waals surface area contributed by atoms with Crippen molar-refractivity contribution in [2.24, 2.45) is 0 Å². The molecule has 5 nitrogen and oxygen atoms in total. The number of nitrogens with zero attached hydrogens (tertiary/aromatic N) is 4. The van der Waals surface area contributed by atoms with Crippen LogP contribution in [0.3, 0.4) is 0 Å². The van der Waals surface area contributed by atoms with Crippen molar-refractivity contribution in [1.29, 1.82) is 5.26 Å². The van der Waals surface area contributed by atoms with Crippen LogP contribution in [-0.2, 0) is 6.54 Å². The normalized spacial score (nSPS) is 10.5. The molecule has 21 heavy (non-hydrogen) atoms. The van der Waals surface area contributed by atoms with Crippen LogP contribution >= 0.6 is 11.6 Å². The monoisotopic (exact) mass is 297 g/mol. The molecule has 1 aromatic carbocycles. The number of nitrogens with one attached hydrogen (secondary N) is 1. The van der Waals surface area contributed by atoms with Crippen molar-refractivity contribution in [3.63, 3.8) is 0 Å². The first-order chi connectivity index (χ1) is 10.3. The third kappa shape index (κ3) is 2.81. The highest BCUT2D eigenvalue weighted by Crippen LogP contribution is 2.19. The van der Waals surface area contributed by atoms with Crippen LogP contribution in [0.25, 0.3) is 10.9 Å². The van der Waals surface area contributed by atoms with Crippen molar-refractivity contribution in [3.05, 3.63) is 53.6 Å². The van der Waals surface area contributed by atoms with Gasteiger partial charge in [-0.15, -0.1) is 0 Å². The maximum Gasteiger partial charge on any atom is 0.134 e. The SMILES string of the molecule is N#Cc1cc2ccccc2n1CCNc1cc(Cl)ncn1. The molecule has 2 aromatic heterocycles. The Bertz CT molecular complexity index is 818. The second-order valence-electron chi connectivity index (χ2n) is 4.50. The molecule has 3 rings (SSSR count). The summed E-state index contributed by atoms with van der Waals surface area (Å²) < 4.78 is 1.99. The molecule has 0 spiro atoms. The Labute approximate surface area is 126 Å². The van der Waals surface area contributed by atoms with Gasteiger partial charge in [0.15, 0.2) is 0 Å². The zero-order valence-electron chi connectivity index (χ0n) is 11.1. The fraction of sp³-hybridized carbons (Fsp3) is 0.133. The highest BCUT2D eigenvalue weighted by atomic mass is 35.5. The molecule has 3 aromatic rings. The fourth-order valence-corrected chi connectivity index (χ4v) is 2.42. The number of halogens is 1. The Morgan fingerprint density at radius 2 is 2.10 bits per heavy atom. The number of benzene rings is 1. The molecule has 6 heteroatoms. The van der Waals surface area contributed by atoms with Crippen molar-refractivity contribution < 1.29 is 0 Å². The summed E-state index contributed by atoms with van der Waals surface area (Å²) in [5.41, 5.74) is 1.70. The van der Waals surface area contributed by atoms with Crippen molar-refractivity contribution >= 4 is 28.3 Å². The zero-order valence-corrected chi connectivity index (χ0v) is 11.9. The fourth-order valence-electron chi connectivity index (χ4n) is 2.27. The minimum absolute atomic E-state index is 0.400. The first-order valence-electron chi connectivity index (χ1n) is 6.48. The minimum Gasteiger partial charge on any atom is -0.368 e. The Hall–Kier alpha value is -2.58. The van der Waals surface area contributed by atoms with Gasteiger partial charge in [-0.1, -0.05) is 29.8 Å². The highest BCUT2D eigenvalue weighted by Gasteiger charge is 2.07. The number of fused-ring (bicyclic) bond motifs is 1. The van der Waals surface area contributed by atoms with Crippen LogP contribution in [0.4, 0.5) is 5.82 Å². The van der Waals surface area contributed by atoms with Crippen molar-refractivity contribution in [2.45, 2.75) is 6.54 Å². The molecule has 0 saturated heterocycles. The lowest BCUT2D eigenvalue weighted by Crippen LogP contribution is -2.12. The van der Waals surface area contributed by atoms with Gasteiger partial charge in [0.2, 0.25) is 0 Å². The molecule has 0 amide bonds. The number of hydrogen-bond acceptors (Lipinski definition) is 4. The van der Waals surface area contributed by atoms with E-state index < -0.39 is 0 Å². The van der Waals surface area contributed by atoms with E-state index in [0.29, 0.717) is 29.8 Å². The van der Waals surface area contributed by atoms with Crippen LogP contribution in [0.5, 0.6) is 0 Å². The smallest absolute Gasteiger partial charge is 0.134 e.